The maximum absolute atomic E-state index is 14.5. The number of fused-ring (bicyclic) bond motifs is 1. The van der Waals surface area contributed by atoms with Crippen molar-refractivity contribution in [3.8, 4) is 0 Å². The first-order valence-corrected chi connectivity index (χ1v) is 15.7. The average molecular weight is 548 g/mol. The molecule has 3 aliphatic heterocycles. The normalized spacial score (nSPS) is 37.6. The van der Waals surface area contributed by atoms with Crippen molar-refractivity contribution >= 4 is 23.4 Å². The van der Waals surface area contributed by atoms with Gasteiger partial charge in [-0.3, -0.25) is 14.4 Å². The minimum Gasteiger partial charge on any atom is -0.359 e. The van der Waals surface area contributed by atoms with E-state index in [0.29, 0.717) is 17.5 Å². The van der Waals surface area contributed by atoms with Crippen LogP contribution in [0.2, 0.25) is 0 Å². The minimum atomic E-state index is -1.10. The highest BCUT2D eigenvalue weighted by molar-refractivity contribution is 6.03. The first kappa shape index (κ1) is 27.5. The predicted molar refractivity (Wildman–Crippen MR) is 154 cm³/mol. The van der Waals surface area contributed by atoms with Crippen molar-refractivity contribution in [3.63, 3.8) is 0 Å². The van der Waals surface area contributed by atoms with Crippen molar-refractivity contribution in [1.29, 1.82) is 0 Å². The molecule has 6 unspecified atom stereocenters. The first-order chi connectivity index (χ1) is 19.3. The van der Waals surface area contributed by atoms with Crippen LogP contribution in [0.4, 0.5) is 5.69 Å². The Hall–Kier alpha value is -2.67. The molecule has 1 aromatic carbocycles. The van der Waals surface area contributed by atoms with Crippen molar-refractivity contribution < 1.29 is 19.1 Å². The Bertz CT molecular complexity index is 1170. The third kappa shape index (κ3) is 4.68. The lowest BCUT2D eigenvalue weighted by atomic mass is 9.73. The molecule has 216 valence electrons. The Morgan fingerprint density at radius 2 is 1.73 bits per heavy atom. The quantitative estimate of drug-likeness (QED) is 0.500. The largest absolute Gasteiger partial charge is 0.359 e. The fraction of sp³-hybridized carbons (Fsp3) is 0.667. The zero-order valence-corrected chi connectivity index (χ0v) is 24.2. The van der Waals surface area contributed by atoms with E-state index in [9.17, 15) is 14.4 Å². The van der Waals surface area contributed by atoms with Crippen LogP contribution in [0.3, 0.4) is 0 Å². The number of hydrogen-bond donors (Lipinski definition) is 2. The molecular formula is C33H45N3O4. The number of likely N-dealkylation sites (tertiary alicyclic amines) is 1. The molecule has 1 aromatic rings. The number of carbonyl (C=O) groups is 3. The second-order valence-electron chi connectivity index (χ2n) is 13.2. The van der Waals surface area contributed by atoms with E-state index >= 15 is 0 Å². The van der Waals surface area contributed by atoms with E-state index in [2.05, 4.69) is 24.5 Å². The summed E-state index contributed by atoms with van der Waals surface area (Å²) in [5.74, 6) is -0.863. The van der Waals surface area contributed by atoms with E-state index in [-0.39, 0.29) is 29.8 Å². The van der Waals surface area contributed by atoms with E-state index in [1.165, 1.54) is 12.8 Å². The van der Waals surface area contributed by atoms with Crippen molar-refractivity contribution in [1.82, 2.24) is 10.2 Å². The molecule has 2 saturated heterocycles. The van der Waals surface area contributed by atoms with Crippen LogP contribution < -0.4 is 10.6 Å². The van der Waals surface area contributed by atoms with Gasteiger partial charge < -0.3 is 20.3 Å². The van der Waals surface area contributed by atoms with Crippen molar-refractivity contribution in [2.45, 2.75) is 115 Å². The molecule has 7 heteroatoms. The van der Waals surface area contributed by atoms with Crippen LogP contribution in [0.5, 0.6) is 0 Å². The van der Waals surface area contributed by atoms with Gasteiger partial charge in [-0.25, -0.2) is 0 Å². The predicted octanol–water partition coefficient (Wildman–Crippen LogP) is 5.14. The lowest BCUT2D eigenvalue weighted by Gasteiger charge is -2.40. The van der Waals surface area contributed by atoms with Gasteiger partial charge in [0.15, 0.2) is 0 Å². The smallest absolute Gasteiger partial charge is 0.246 e. The fourth-order valence-electron chi connectivity index (χ4n) is 8.31. The van der Waals surface area contributed by atoms with Crippen LogP contribution in [-0.4, -0.2) is 52.5 Å². The summed E-state index contributed by atoms with van der Waals surface area (Å²) >= 11 is 0. The molecule has 5 aliphatic rings. The number of carbonyl (C=O) groups excluding carboxylic acids is 3. The molecule has 3 amide bonds. The van der Waals surface area contributed by atoms with E-state index in [4.69, 9.17) is 4.74 Å². The van der Waals surface area contributed by atoms with Crippen LogP contribution in [0.15, 0.2) is 36.4 Å². The lowest BCUT2D eigenvalue weighted by Crippen LogP contribution is -2.59. The summed E-state index contributed by atoms with van der Waals surface area (Å²) in [5.41, 5.74) is 0.656. The zero-order chi connectivity index (χ0) is 28.0. The Morgan fingerprint density at radius 1 is 0.975 bits per heavy atom. The first-order valence-electron chi connectivity index (χ1n) is 15.7. The molecule has 1 spiro atoms. The molecule has 0 aromatic heterocycles. The molecule has 0 radical (unpaired) electrons. The monoisotopic (exact) mass is 547 g/mol. The van der Waals surface area contributed by atoms with Crippen molar-refractivity contribution in [3.05, 3.63) is 42.0 Å². The lowest BCUT2D eigenvalue weighted by molar-refractivity contribution is -0.144. The molecule has 2 bridgehead atoms. The summed E-state index contributed by atoms with van der Waals surface area (Å²) in [5, 5.41) is 6.44. The number of hydrogen-bond acceptors (Lipinski definition) is 4. The third-order valence-electron chi connectivity index (χ3n) is 10.7. The highest BCUT2D eigenvalue weighted by Gasteiger charge is 2.73. The number of amides is 3. The van der Waals surface area contributed by atoms with E-state index in [0.717, 1.165) is 56.9 Å². The second-order valence-corrected chi connectivity index (χ2v) is 13.2. The van der Waals surface area contributed by atoms with E-state index in [1.807, 2.05) is 48.2 Å². The number of anilines is 1. The molecule has 2 aliphatic carbocycles. The van der Waals surface area contributed by atoms with Crippen molar-refractivity contribution in [2.24, 2.45) is 23.7 Å². The highest BCUT2D eigenvalue weighted by Crippen LogP contribution is 2.56. The Kier molecular flexibility index (Phi) is 7.53. The molecule has 4 fully saturated rings. The van der Waals surface area contributed by atoms with Crippen LogP contribution in [0, 0.1) is 30.6 Å². The summed E-state index contributed by atoms with van der Waals surface area (Å²) in [6.07, 6.45) is 14.0. The molecule has 3 heterocycles. The fourth-order valence-corrected chi connectivity index (χ4v) is 8.31. The topological polar surface area (TPSA) is 87.7 Å². The minimum absolute atomic E-state index is 0.0113. The summed E-state index contributed by atoms with van der Waals surface area (Å²) in [4.78, 5) is 44.4. The van der Waals surface area contributed by atoms with Gasteiger partial charge in [-0.05, 0) is 55.7 Å². The molecule has 2 saturated carbocycles. The second kappa shape index (κ2) is 11.0. The number of nitrogens with zero attached hydrogens (tertiary/aromatic N) is 1. The summed E-state index contributed by atoms with van der Waals surface area (Å²) in [6, 6.07) is 7.01. The number of aryl methyl sites for hydroxylation is 1. The van der Waals surface area contributed by atoms with Gasteiger partial charge in [-0.1, -0.05) is 83.1 Å². The summed E-state index contributed by atoms with van der Waals surface area (Å²) < 4.78 is 6.60. The molecule has 2 N–H and O–H groups in total. The molecule has 7 nitrogen and oxygen atoms in total. The number of rotatable bonds is 5. The summed E-state index contributed by atoms with van der Waals surface area (Å²) in [6.45, 7) is 6.48. The molecule has 40 heavy (non-hydrogen) atoms. The maximum atomic E-state index is 14.5. The maximum Gasteiger partial charge on any atom is 0.246 e. The average Bonchev–Trinajstić information content (AvgIpc) is 3.54. The van der Waals surface area contributed by atoms with Crippen LogP contribution in [0.1, 0.15) is 83.6 Å². The van der Waals surface area contributed by atoms with Gasteiger partial charge in [0.1, 0.15) is 11.6 Å². The Morgan fingerprint density at radius 3 is 2.48 bits per heavy atom. The summed E-state index contributed by atoms with van der Waals surface area (Å²) in [7, 11) is 0. The van der Waals surface area contributed by atoms with E-state index < -0.39 is 29.6 Å². The molecule has 8 atom stereocenters. The van der Waals surface area contributed by atoms with Gasteiger partial charge in [0, 0.05) is 17.8 Å². The number of nitrogens with one attached hydrogen (secondary N) is 2. The van der Waals surface area contributed by atoms with Crippen LogP contribution in [-0.2, 0) is 19.1 Å². The Balaban J connectivity index is 1.33. The standard InChI is InChI=1S/C33H45N3O4/c1-20-11-9-13-23(19-20)34-30(37)27-26-17-18-33(40-26)28(27)32(39)36(24-14-7-5-4-6-8-15-24)29(33)31(38)35-25-16-10-12-21(2)22(25)3/h9,11,13,17-19,21-22,24-29H,4-8,10,12,14-16H2,1-3H3,(H,34,37)(H,35,38)/t21?,22?,25?,26-,27?,28-,29?,33?/m0/s1. The van der Waals surface area contributed by atoms with Gasteiger partial charge in [0.25, 0.3) is 0 Å². The van der Waals surface area contributed by atoms with Gasteiger partial charge >= 0.3 is 0 Å². The molecular weight excluding hydrogens is 502 g/mol. The third-order valence-corrected chi connectivity index (χ3v) is 10.7. The van der Waals surface area contributed by atoms with Crippen molar-refractivity contribution in [2.75, 3.05) is 5.32 Å². The highest BCUT2D eigenvalue weighted by atomic mass is 16.5. The van der Waals surface area contributed by atoms with Gasteiger partial charge in [0.05, 0.1) is 17.9 Å². The van der Waals surface area contributed by atoms with Gasteiger partial charge in [-0.2, -0.15) is 0 Å². The van der Waals surface area contributed by atoms with Gasteiger partial charge in [0.2, 0.25) is 17.7 Å². The zero-order valence-electron chi connectivity index (χ0n) is 24.2. The number of ether oxygens (including phenoxy) is 1. The van der Waals surface area contributed by atoms with E-state index in [1.54, 1.807) is 0 Å². The molecule has 6 rings (SSSR count). The van der Waals surface area contributed by atoms with Crippen LogP contribution in [0.25, 0.3) is 0 Å². The SMILES string of the molecule is Cc1cccc(NC(=O)C2[C@@H]3C=CC4(O3)C(C(=O)NC3CCCC(C)C3C)N(C3CCCCCCC3)C(=O)[C@H]24)c1. The Labute approximate surface area is 238 Å². The van der Waals surface area contributed by atoms with Gasteiger partial charge in [-0.15, -0.1) is 0 Å². The van der Waals surface area contributed by atoms with Crippen LogP contribution >= 0.6 is 0 Å². The number of benzene rings is 1.